The summed E-state index contributed by atoms with van der Waals surface area (Å²) in [5, 5.41) is 3.19. The lowest BCUT2D eigenvalue weighted by atomic mass is 10.2. The Bertz CT molecular complexity index is 538. The monoisotopic (exact) mass is 272 g/mol. The maximum absolute atomic E-state index is 5.59. The molecule has 4 heteroatoms. The Balaban J connectivity index is 2.02. The fourth-order valence-corrected chi connectivity index (χ4v) is 1.85. The molecule has 0 aliphatic heterocycles. The van der Waals surface area contributed by atoms with Gasteiger partial charge in [-0.1, -0.05) is 12.2 Å². The Labute approximate surface area is 118 Å². The Kier molecular flexibility index (Phi) is 4.47. The molecule has 1 aromatic carbocycles. The highest BCUT2D eigenvalue weighted by atomic mass is 32.1. The lowest BCUT2D eigenvalue weighted by Crippen LogP contribution is -2.10. The van der Waals surface area contributed by atoms with Crippen LogP contribution in [0, 0.1) is 0 Å². The topological polar surface area (TPSA) is 34.1 Å². The number of rotatable bonds is 4. The number of pyridine rings is 1. The number of anilines is 1. The Morgan fingerprint density at radius 1 is 1.11 bits per heavy atom. The molecule has 3 nitrogen and oxygen atoms in total. The van der Waals surface area contributed by atoms with Crippen molar-refractivity contribution >= 4 is 22.9 Å². The van der Waals surface area contributed by atoms with Gasteiger partial charge in [0.05, 0.1) is 6.10 Å². The van der Waals surface area contributed by atoms with Crippen molar-refractivity contribution in [3.63, 3.8) is 0 Å². The van der Waals surface area contributed by atoms with Crippen LogP contribution < -0.4 is 10.1 Å². The van der Waals surface area contributed by atoms with E-state index >= 15 is 0 Å². The van der Waals surface area contributed by atoms with Crippen molar-refractivity contribution in [1.82, 2.24) is 4.98 Å². The fourth-order valence-electron chi connectivity index (χ4n) is 1.60. The molecule has 2 aromatic rings. The van der Waals surface area contributed by atoms with E-state index in [9.17, 15) is 0 Å². The van der Waals surface area contributed by atoms with Crippen LogP contribution in [0.2, 0.25) is 0 Å². The third kappa shape index (κ3) is 4.03. The van der Waals surface area contributed by atoms with Crippen molar-refractivity contribution in [1.29, 1.82) is 0 Å². The molecule has 2 rings (SSSR count). The maximum atomic E-state index is 5.59. The molecule has 0 atom stereocenters. The SMILES string of the molecule is CC(C)Oc1ccc(NC(=S)c2ccncc2)cc1. The summed E-state index contributed by atoms with van der Waals surface area (Å²) in [6, 6.07) is 11.5. The zero-order valence-electron chi connectivity index (χ0n) is 11.0. The van der Waals surface area contributed by atoms with E-state index in [1.165, 1.54) is 0 Å². The Morgan fingerprint density at radius 2 is 1.74 bits per heavy atom. The molecule has 0 amide bonds. The maximum Gasteiger partial charge on any atom is 0.119 e. The highest BCUT2D eigenvalue weighted by molar-refractivity contribution is 7.81. The van der Waals surface area contributed by atoms with Crippen LogP contribution in [0.1, 0.15) is 19.4 Å². The molecule has 0 aliphatic carbocycles. The predicted octanol–water partition coefficient (Wildman–Crippen LogP) is 3.66. The molecule has 0 saturated carbocycles. The van der Waals surface area contributed by atoms with E-state index in [0.717, 1.165) is 17.0 Å². The lowest BCUT2D eigenvalue weighted by molar-refractivity contribution is 0.242. The van der Waals surface area contributed by atoms with Gasteiger partial charge in [-0.3, -0.25) is 4.98 Å². The molecule has 1 heterocycles. The van der Waals surface area contributed by atoms with Crippen LogP contribution in [0.3, 0.4) is 0 Å². The summed E-state index contributed by atoms with van der Waals surface area (Å²) in [5.74, 6) is 0.857. The van der Waals surface area contributed by atoms with Crippen molar-refractivity contribution in [2.24, 2.45) is 0 Å². The zero-order valence-corrected chi connectivity index (χ0v) is 11.8. The number of nitrogens with one attached hydrogen (secondary N) is 1. The van der Waals surface area contributed by atoms with Crippen LogP contribution in [-0.2, 0) is 0 Å². The number of aromatic nitrogens is 1. The smallest absolute Gasteiger partial charge is 0.119 e. The van der Waals surface area contributed by atoms with Crippen LogP contribution in [0.25, 0.3) is 0 Å². The summed E-state index contributed by atoms with van der Waals surface area (Å²) < 4.78 is 5.59. The van der Waals surface area contributed by atoms with Gasteiger partial charge in [0.1, 0.15) is 10.7 Å². The third-order valence-corrected chi connectivity index (χ3v) is 2.76. The second kappa shape index (κ2) is 6.29. The summed E-state index contributed by atoms with van der Waals surface area (Å²) in [5.41, 5.74) is 1.89. The minimum Gasteiger partial charge on any atom is -0.491 e. The van der Waals surface area contributed by atoms with Crippen molar-refractivity contribution in [2.45, 2.75) is 20.0 Å². The first-order valence-corrected chi connectivity index (χ1v) is 6.54. The van der Waals surface area contributed by atoms with Gasteiger partial charge in [0.15, 0.2) is 0 Å². The largest absolute Gasteiger partial charge is 0.491 e. The van der Waals surface area contributed by atoms with E-state index in [-0.39, 0.29) is 6.10 Å². The van der Waals surface area contributed by atoms with Gasteiger partial charge in [-0.15, -0.1) is 0 Å². The summed E-state index contributed by atoms with van der Waals surface area (Å²) in [6.07, 6.45) is 3.63. The number of ether oxygens (including phenoxy) is 1. The zero-order chi connectivity index (χ0) is 13.7. The van der Waals surface area contributed by atoms with Crippen LogP contribution >= 0.6 is 12.2 Å². The summed E-state index contributed by atoms with van der Waals surface area (Å²) in [7, 11) is 0. The molecule has 0 saturated heterocycles. The molecule has 0 aliphatic rings. The molecule has 1 N–H and O–H groups in total. The standard InChI is InChI=1S/C15H16N2OS/c1-11(2)18-14-5-3-13(4-6-14)17-15(19)12-7-9-16-10-8-12/h3-11H,1-2H3,(H,17,19). The summed E-state index contributed by atoms with van der Waals surface area (Å²) >= 11 is 5.34. The molecule has 98 valence electrons. The number of hydrogen-bond donors (Lipinski definition) is 1. The average molecular weight is 272 g/mol. The van der Waals surface area contributed by atoms with Gasteiger partial charge < -0.3 is 10.1 Å². The third-order valence-electron chi connectivity index (χ3n) is 2.43. The second-order valence-electron chi connectivity index (χ2n) is 4.38. The van der Waals surface area contributed by atoms with Gasteiger partial charge >= 0.3 is 0 Å². The average Bonchev–Trinajstić information content (AvgIpc) is 2.41. The Hall–Kier alpha value is -1.94. The Morgan fingerprint density at radius 3 is 2.32 bits per heavy atom. The molecular weight excluding hydrogens is 256 g/mol. The molecule has 0 radical (unpaired) electrons. The fraction of sp³-hybridized carbons (Fsp3) is 0.200. The first kappa shape index (κ1) is 13.5. The minimum absolute atomic E-state index is 0.178. The number of thiocarbonyl (C=S) groups is 1. The van der Waals surface area contributed by atoms with Gasteiger partial charge in [0.25, 0.3) is 0 Å². The predicted molar refractivity (Wildman–Crippen MR) is 81.8 cm³/mol. The molecule has 0 bridgehead atoms. The lowest BCUT2D eigenvalue weighted by Gasteiger charge is -2.11. The van der Waals surface area contributed by atoms with Crippen molar-refractivity contribution in [2.75, 3.05) is 5.32 Å². The molecule has 1 aromatic heterocycles. The second-order valence-corrected chi connectivity index (χ2v) is 4.79. The first-order chi connectivity index (χ1) is 9.15. The van der Waals surface area contributed by atoms with Gasteiger partial charge in [-0.05, 0) is 50.2 Å². The van der Waals surface area contributed by atoms with Gasteiger partial charge in [-0.2, -0.15) is 0 Å². The first-order valence-electron chi connectivity index (χ1n) is 6.13. The van der Waals surface area contributed by atoms with Gasteiger partial charge in [0, 0.05) is 23.6 Å². The van der Waals surface area contributed by atoms with Crippen LogP contribution in [0.4, 0.5) is 5.69 Å². The van der Waals surface area contributed by atoms with Gasteiger partial charge in [-0.25, -0.2) is 0 Å². The normalized spacial score (nSPS) is 10.3. The van der Waals surface area contributed by atoms with Crippen molar-refractivity contribution in [3.05, 3.63) is 54.4 Å². The van der Waals surface area contributed by atoms with Crippen LogP contribution in [0.5, 0.6) is 5.75 Å². The molecule has 19 heavy (non-hydrogen) atoms. The molecular formula is C15H16N2OS. The molecule has 0 unspecified atom stereocenters. The van der Waals surface area contributed by atoms with E-state index in [4.69, 9.17) is 17.0 Å². The summed E-state index contributed by atoms with van der Waals surface area (Å²) in [4.78, 5) is 4.65. The van der Waals surface area contributed by atoms with Gasteiger partial charge in [0.2, 0.25) is 0 Å². The van der Waals surface area contributed by atoms with E-state index in [0.29, 0.717) is 4.99 Å². The minimum atomic E-state index is 0.178. The number of benzene rings is 1. The molecule has 0 spiro atoms. The van der Waals surface area contributed by atoms with Crippen molar-refractivity contribution < 1.29 is 4.74 Å². The molecule has 0 fully saturated rings. The van der Waals surface area contributed by atoms with E-state index in [1.54, 1.807) is 12.4 Å². The number of hydrogen-bond acceptors (Lipinski definition) is 3. The highest BCUT2D eigenvalue weighted by Crippen LogP contribution is 2.17. The van der Waals surface area contributed by atoms with E-state index in [1.807, 2.05) is 50.2 Å². The summed E-state index contributed by atoms with van der Waals surface area (Å²) in [6.45, 7) is 4.01. The number of nitrogens with zero attached hydrogens (tertiary/aromatic N) is 1. The quantitative estimate of drug-likeness (QED) is 0.861. The van der Waals surface area contributed by atoms with Crippen LogP contribution in [-0.4, -0.2) is 16.1 Å². The van der Waals surface area contributed by atoms with Crippen molar-refractivity contribution in [3.8, 4) is 5.75 Å². The van der Waals surface area contributed by atoms with E-state index in [2.05, 4.69) is 10.3 Å². The highest BCUT2D eigenvalue weighted by Gasteiger charge is 2.02. The van der Waals surface area contributed by atoms with E-state index < -0.39 is 0 Å². The van der Waals surface area contributed by atoms with Crippen LogP contribution in [0.15, 0.2) is 48.8 Å².